The van der Waals surface area contributed by atoms with Crippen molar-refractivity contribution in [3.05, 3.63) is 35.4 Å². The van der Waals surface area contributed by atoms with Gasteiger partial charge in [-0.25, -0.2) is 0 Å². The Hall–Kier alpha value is -1.39. The van der Waals surface area contributed by atoms with E-state index in [2.05, 4.69) is 15.5 Å². The summed E-state index contributed by atoms with van der Waals surface area (Å²) >= 11 is 0. The standard InChI is InChI=1S/C15H23N3O/c1-13-3-5-14(6-4-13)15(19)17-7-2-10-18-11-8-16-9-12-18/h3-6,16H,2,7-12H2,1H3,(H,17,19). The number of aryl methyl sites for hydroxylation is 1. The number of amides is 1. The van der Waals surface area contributed by atoms with E-state index in [1.54, 1.807) is 0 Å². The molecule has 2 N–H and O–H groups in total. The molecule has 0 aromatic heterocycles. The monoisotopic (exact) mass is 261 g/mol. The predicted octanol–water partition coefficient (Wildman–Crippen LogP) is 1.02. The fourth-order valence-corrected chi connectivity index (χ4v) is 2.25. The minimum Gasteiger partial charge on any atom is -0.352 e. The Kier molecular flexibility index (Phi) is 5.36. The van der Waals surface area contributed by atoms with Crippen LogP contribution in [0.25, 0.3) is 0 Å². The summed E-state index contributed by atoms with van der Waals surface area (Å²) in [6.45, 7) is 8.23. The lowest BCUT2D eigenvalue weighted by molar-refractivity contribution is 0.0951. The molecule has 1 amide bonds. The Balaban J connectivity index is 1.64. The van der Waals surface area contributed by atoms with Crippen LogP contribution in [-0.2, 0) is 0 Å². The number of carbonyl (C=O) groups is 1. The van der Waals surface area contributed by atoms with Crippen molar-refractivity contribution >= 4 is 5.91 Å². The molecule has 0 aliphatic carbocycles. The first-order valence-electron chi connectivity index (χ1n) is 7.03. The molecule has 1 heterocycles. The molecular weight excluding hydrogens is 238 g/mol. The SMILES string of the molecule is Cc1ccc(C(=O)NCCCN2CCNCC2)cc1. The van der Waals surface area contributed by atoms with Gasteiger partial charge in [0.25, 0.3) is 5.91 Å². The zero-order chi connectivity index (χ0) is 13.5. The van der Waals surface area contributed by atoms with Gasteiger partial charge >= 0.3 is 0 Å². The highest BCUT2D eigenvalue weighted by Crippen LogP contribution is 2.02. The first kappa shape index (κ1) is 14.0. The van der Waals surface area contributed by atoms with Crippen molar-refractivity contribution in [2.24, 2.45) is 0 Å². The maximum absolute atomic E-state index is 11.9. The average molecular weight is 261 g/mol. The molecule has 4 nitrogen and oxygen atoms in total. The van der Waals surface area contributed by atoms with Gasteiger partial charge in [0.2, 0.25) is 0 Å². The Morgan fingerprint density at radius 2 is 1.95 bits per heavy atom. The van der Waals surface area contributed by atoms with Crippen LogP contribution in [0.1, 0.15) is 22.3 Å². The van der Waals surface area contributed by atoms with E-state index < -0.39 is 0 Å². The second-order valence-corrected chi connectivity index (χ2v) is 5.07. The van der Waals surface area contributed by atoms with Crippen molar-refractivity contribution in [3.8, 4) is 0 Å². The smallest absolute Gasteiger partial charge is 0.251 e. The molecule has 1 aliphatic rings. The summed E-state index contributed by atoms with van der Waals surface area (Å²) in [4.78, 5) is 14.3. The molecular formula is C15H23N3O. The van der Waals surface area contributed by atoms with Crippen LogP contribution in [0.5, 0.6) is 0 Å². The Morgan fingerprint density at radius 3 is 2.63 bits per heavy atom. The van der Waals surface area contributed by atoms with Crippen molar-refractivity contribution in [2.45, 2.75) is 13.3 Å². The molecule has 1 fully saturated rings. The molecule has 19 heavy (non-hydrogen) atoms. The highest BCUT2D eigenvalue weighted by atomic mass is 16.1. The number of benzene rings is 1. The quantitative estimate of drug-likeness (QED) is 0.778. The molecule has 1 aromatic carbocycles. The van der Waals surface area contributed by atoms with Gasteiger partial charge in [-0.2, -0.15) is 0 Å². The molecule has 0 bridgehead atoms. The summed E-state index contributed by atoms with van der Waals surface area (Å²) in [7, 11) is 0. The van der Waals surface area contributed by atoms with Gasteiger partial charge in [-0.05, 0) is 32.0 Å². The molecule has 0 atom stereocenters. The largest absolute Gasteiger partial charge is 0.352 e. The van der Waals surface area contributed by atoms with E-state index in [1.165, 1.54) is 5.56 Å². The van der Waals surface area contributed by atoms with E-state index >= 15 is 0 Å². The lowest BCUT2D eigenvalue weighted by Gasteiger charge is -2.27. The fourth-order valence-electron chi connectivity index (χ4n) is 2.25. The molecule has 1 saturated heterocycles. The Morgan fingerprint density at radius 1 is 1.26 bits per heavy atom. The van der Waals surface area contributed by atoms with E-state index in [0.29, 0.717) is 0 Å². The second-order valence-electron chi connectivity index (χ2n) is 5.07. The number of hydrogen-bond donors (Lipinski definition) is 2. The van der Waals surface area contributed by atoms with Crippen LogP contribution in [0.15, 0.2) is 24.3 Å². The number of nitrogens with one attached hydrogen (secondary N) is 2. The van der Waals surface area contributed by atoms with Gasteiger partial charge in [-0.15, -0.1) is 0 Å². The molecule has 0 saturated carbocycles. The molecule has 0 radical (unpaired) electrons. The number of hydrogen-bond acceptors (Lipinski definition) is 3. The minimum absolute atomic E-state index is 0.0281. The highest BCUT2D eigenvalue weighted by Gasteiger charge is 2.09. The van der Waals surface area contributed by atoms with Crippen LogP contribution < -0.4 is 10.6 Å². The lowest BCUT2D eigenvalue weighted by Crippen LogP contribution is -2.44. The van der Waals surface area contributed by atoms with Crippen LogP contribution in [0, 0.1) is 6.92 Å². The van der Waals surface area contributed by atoms with Crippen LogP contribution in [0.3, 0.4) is 0 Å². The summed E-state index contributed by atoms with van der Waals surface area (Å²) in [6, 6.07) is 7.69. The van der Waals surface area contributed by atoms with Gasteiger partial charge in [0, 0.05) is 38.3 Å². The first-order valence-corrected chi connectivity index (χ1v) is 7.03. The van der Waals surface area contributed by atoms with Crippen LogP contribution in [0.4, 0.5) is 0 Å². The van der Waals surface area contributed by atoms with Gasteiger partial charge in [-0.1, -0.05) is 17.7 Å². The summed E-state index contributed by atoms with van der Waals surface area (Å²) in [5.74, 6) is 0.0281. The molecule has 2 rings (SSSR count). The van der Waals surface area contributed by atoms with Gasteiger partial charge in [0.15, 0.2) is 0 Å². The Labute approximate surface area is 115 Å². The molecule has 1 aliphatic heterocycles. The molecule has 4 heteroatoms. The number of carbonyl (C=O) groups excluding carboxylic acids is 1. The number of rotatable bonds is 5. The van der Waals surface area contributed by atoms with Gasteiger partial charge in [-0.3, -0.25) is 4.79 Å². The predicted molar refractivity (Wildman–Crippen MR) is 77.4 cm³/mol. The van der Waals surface area contributed by atoms with Crippen molar-refractivity contribution < 1.29 is 4.79 Å². The van der Waals surface area contributed by atoms with Crippen LogP contribution in [-0.4, -0.2) is 50.1 Å². The second kappa shape index (κ2) is 7.26. The zero-order valence-corrected chi connectivity index (χ0v) is 11.6. The molecule has 104 valence electrons. The third kappa shape index (κ3) is 4.65. The minimum atomic E-state index is 0.0281. The Bertz CT molecular complexity index is 396. The van der Waals surface area contributed by atoms with Gasteiger partial charge in [0.05, 0.1) is 0 Å². The van der Waals surface area contributed by atoms with E-state index in [9.17, 15) is 4.79 Å². The average Bonchev–Trinajstić information content (AvgIpc) is 2.45. The molecule has 1 aromatic rings. The van der Waals surface area contributed by atoms with Crippen molar-refractivity contribution in [3.63, 3.8) is 0 Å². The summed E-state index contributed by atoms with van der Waals surface area (Å²) < 4.78 is 0. The third-order valence-electron chi connectivity index (χ3n) is 3.46. The highest BCUT2D eigenvalue weighted by molar-refractivity contribution is 5.94. The van der Waals surface area contributed by atoms with E-state index in [0.717, 1.165) is 51.3 Å². The fraction of sp³-hybridized carbons (Fsp3) is 0.533. The first-order chi connectivity index (χ1) is 9.25. The molecule has 0 unspecified atom stereocenters. The zero-order valence-electron chi connectivity index (χ0n) is 11.6. The van der Waals surface area contributed by atoms with Crippen molar-refractivity contribution in [1.29, 1.82) is 0 Å². The van der Waals surface area contributed by atoms with Crippen LogP contribution >= 0.6 is 0 Å². The third-order valence-corrected chi connectivity index (χ3v) is 3.46. The van der Waals surface area contributed by atoms with E-state index in [1.807, 2.05) is 31.2 Å². The summed E-state index contributed by atoms with van der Waals surface area (Å²) in [5, 5.41) is 6.31. The van der Waals surface area contributed by atoms with Gasteiger partial charge < -0.3 is 15.5 Å². The topological polar surface area (TPSA) is 44.4 Å². The number of nitrogens with zero attached hydrogens (tertiary/aromatic N) is 1. The van der Waals surface area contributed by atoms with Crippen molar-refractivity contribution in [2.75, 3.05) is 39.3 Å². The van der Waals surface area contributed by atoms with Crippen molar-refractivity contribution in [1.82, 2.24) is 15.5 Å². The molecule has 0 spiro atoms. The van der Waals surface area contributed by atoms with E-state index in [4.69, 9.17) is 0 Å². The lowest BCUT2D eigenvalue weighted by atomic mass is 10.1. The van der Waals surface area contributed by atoms with Crippen LogP contribution in [0.2, 0.25) is 0 Å². The van der Waals surface area contributed by atoms with Gasteiger partial charge in [0.1, 0.15) is 0 Å². The van der Waals surface area contributed by atoms with E-state index in [-0.39, 0.29) is 5.91 Å². The number of piperazine rings is 1. The maximum atomic E-state index is 11.9. The summed E-state index contributed by atoms with van der Waals surface area (Å²) in [6.07, 6.45) is 1.01. The summed E-state index contributed by atoms with van der Waals surface area (Å²) in [5.41, 5.74) is 1.92. The normalized spacial score (nSPS) is 16.3. The maximum Gasteiger partial charge on any atom is 0.251 e.